The zero-order chi connectivity index (χ0) is 12.2. The normalized spacial score (nSPS) is 20.7. The van der Waals surface area contributed by atoms with Gasteiger partial charge in [0.25, 0.3) is 5.52 Å². The number of hydrogen-bond acceptors (Lipinski definition) is 5. The number of hydrogen-bond donors (Lipinski definition) is 0. The molecule has 18 heavy (non-hydrogen) atoms. The number of aromatic nitrogens is 2. The molecule has 0 saturated heterocycles. The summed E-state index contributed by atoms with van der Waals surface area (Å²) in [6.07, 6.45) is 5.54. The maximum absolute atomic E-state index is 11.4. The first-order valence-corrected chi connectivity index (χ1v) is 6.26. The lowest BCUT2D eigenvalue weighted by molar-refractivity contribution is -0.782. The minimum Gasteiger partial charge on any atom is -0.359 e. The van der Waals surface area contributed by atoms with Gasteiger partial charge >= 0.3 is 0 Å². The maximum atomic E-state index is 11.4. The van der Waals surface area contributed by atoms with Crippen molar-refractivity contribution in [1.29, 1.82) is 0 Å². The van der Waals surface area contributed by atoms with Crippen molar-refractivity contribution in [3.05, 3.63) is 28.1 Å². The van der Waals surface area contributed by atoms with E-state index in [2.05, 4.69) is 9.79 Å². The number of fused-ring (bicyclic) bond motifs is 3. The van der Waals surface area contributed by atoms with Crippen LogP contribution in [0.5, 0.6) is 0 Å². The van der Waals surface area contributed by atoms with Crippen LogP contribution >= 0.6 is 0 Å². The Morgan fingerprint density at radius 1 is 1.17 bits per heavy atom. The zero-order valence-corrected chi connectivity index (χ0v) is 9.80. The Balaban J connectivity index is 2.01. The summed E-state index contributed by atoms with van der Waals surface area (Å²) in [6, 6.07) is 3.52. The topological polar surface area (TPSA) is 77.7 Å². The van der Waals surface area contributed by atoms with Crippen molar-refractivity contribution in [2.24, 2.45) is 9.98 Å². The average Bonchev–Trinajstić information content (AvgIpc) is 2.91. The molecule has 0 amide bonds. The first kappa shape index (κ1) is 9.99. The van der Waals surface area contributed by atoms with Crippen molar-refractivity contribution in [3.8, 4) is 0 Å². The van der Waals surface area contributed by atoms with Crippen LogP contribution in [0.3, 0.4) is 0 Å². The lowest BCUT2D eigenvalue weighted by atomic mass is 9.90. The molecule has 0 N–H and O–H groups in total. The van der Waals surface area contributed by atoms with E-state index in [0.717, 1.165) is 31.0 Å². The standard InChI is InChI=1S/C12H12N4O2/c17-16-9-5-4-8-10(11(9)15-18-16)14-12(13-8)6-2-1-3-7-12/h4-5H,1-3,6-7H2. The molecule has 2 heterocycles. The highest BCUT2D eigenvalue weighted by atomic mass is 16.8. The number of nitrogens with zero attached hydrogens (tertiary/aromatic N) is 4. The Hall–Kier alpha value is -1.98. The monoisotopic (exact) mass is 244 g/mol. The van der Waals surface area contributed by atoms with Gasteiger partial charge in [-0.2, -0.15) is 0 Å². The number of rotatable bonds is 0. The molecule has 1 spiro atoms. The van der Waals surface area contributed by atoms with Gasteiger partial charge in [-0.3, -0.25) is 9.62 Å². The summed E-state index contributed by atoms with van der Waals surface area (Å²) in [6.45, 7) is 0. The first-order valence-electron chi connectivity index (χ1n) is 6.26. The van der Waals surface area contributed by atoms with E-state index in [-0.39, 0.29) is 5.66 Å². The van der Waals surface area contributed by atoms with Crippen LogP contribution < -0.4 is 15.6 Å². The molecule has 6 heteroatoms. The SMILES string of the molecule is [O-][n+]1onc2c3c(ccc21)=NC1(CCCCC1)N=3. The van der Waals surface area contributed by atoms with Gasteiger partial charge in [-0.25, -0.2) is 4.99 Å². The van der Waals surface area contributed by atoms with E-state index in [0.29, 0.717) is 21.3 Å². The van der Waals surface area contributed by atoms with Gasteiger partial charge in [0.2, 0.25) is 5.52 Å². The molecular formula is C12H12N4O2. The van der Waals surface area contributed by atoms with Gasteiger partial charge in [0.05, 0.1) is 5.36 Å². The van der Waals surface area contributed by atoms with Crippen LogP contribution in [-0.2, 0) is 0 Å². The van der Waals surface area contributed by atoms with Crippen molar-refractivity contribution in [1.82, 2.24) is 5.16 Å². The quantitative estimate of drug-likeness (QED) is 0.628. The molecule has 1 saturated carbocycles. The van der Waals surface area contributed by atoms with Crippen molar-refractivity contribution in [3.63, 3.8) is 0 Å². The second-order valence-corrected chi connectivity index (χ2v) is 5.00. The third kappa shape index (κ3) is 1.23. The van der Waals surface area contributed by atoms with E-state index in [1.165, 1.54) is 6.42 Å². The van der Waals surface area contributed by atoms with Gasteiger partial charge in [-0.05, 0) is 42.7 Å². The summed E-state index contributed by atoms with van der Waals surface area (Å²) in [5, 5.41) is 16.7. The second kappa shape index (κ2) is 3.28. The molecule has 2 aliphatic rings. The molecule has 1 aliphatic carbocycles. The van der Waals surface area contributed by atoms with Crippen LogP contribution in [0.25, 0.3) is 11.0 Å². The molecule has 0 radical (unpaired) electrons. The maximum Gasteiger partial charge on any atom is 0.275 e. The summed E-state index contributed by atoms with van der Waals surface area (Å²) < 4.78 is 4.63. The zero-order valence-electron chi connectivity index (χ0n) is 9.80. The first-order chi connectivity index (χ1) is 8.77. The highest BCUT2D eigenvalue weighted by Crippen LogP contribution is 2.33. The van der Waals surface area contributed by atoms with Crippen LogP contribution in [0.15, 0.2) is 26.7 Å². The smallest absolute Gasteiger partial charge is 0.275 e. The predicted octanol–water partition coefficient (Wildman–Crippen LogP) is 0.374. The largest absolute Gasteiger partial charge is 0.359 e. The highest BCUT2D eigenvalue weighted by molar-refractivity contribution is 5.69. The Labute approximate surface area is 102 Å². The van der Waals surface area contributed by atoms with Gasteiger partial charge in [-0.15, -0.1) is 0 Å². The van der Waals surface area contributed by atoms with E-state index in [4.69, 9.17) is 9.98 Å². The van der Waals surface area contributed by atoms with Crippen molar-refractivity contribution < 1.29 is 9.53 Å². The van der Waals surface area contributed by atoms with Crippen LogP contribution in [0, 0.1) is 5.21 Å². The van der Waals surface area contributed by atoms with E-state index >= 15 is 0 Å². The highest BCUT2D eigenvalue weighted by Gasteiger charge is 2.34. The molecule has 0 bridgehead atoms. The second-order valence-electron chi connectivity index (χ2n) is 5.00. The summed E-state index contributed by atoms with van der Waals surface area (Å²) in [5.41, 5.74) is 0.635. The Morgan fingerprint density at radius 2 is 2.00 bits per heavy atom. The molecule has 0 unspecified atom stereocenters. The Bertz CT molecular complexity index is 743. The van der Waals surface area contributed by atoms with Crippen LogP contribution in [0.2, 0.25) is 0 Å². The van der Waals surface area contributed by atoms with Gasteiger partial charge in [-0.1, -0.05) is 6.42 Å². The lowest BCUT2D eigenvalue weighted by Crippen LogP contribution is -2.27. The minimum absolute atomic E-state index is 0.304. The minimum atomic E-state index is -0.304. The van der Waals surface area contributed by atoms with Gasteiger partial charge < -0.3 is 5.21 Å². The molecule has 1 aromatic carbocycles. The average molecular weight is 244 g/mol. The summed E-state index contributed by atoms with van der Waals surface area (Å²) in [5.74, 6) is 0. The number of benzene rings is 1. The molecule has 6 nitrogen and oxygen atoms in total. The molecule has 2 aromatic rings. The lowest BCUT2D eigenvalue weighted by Gasteiger charge is -2.27. The van der Waals surface area contributed by atoms with Crippen molar-refractivity contribution >= 4 is 11.0 Å². The van der Waals surface area contributed by atoms with Crippen molar-refractivity contribution in [2.75, 3.05) is 0 Å². The van der Waals surface area contributed by atoms with E-state index < -0.39 is 0 Å². The van der Waals surface area contributed by atoms with Crippen LogP contribution in [0.1, 0.15) is 32.1 Å². The molecule has 4 rings (SSSR count). The van der Waals surface area contributed by atoms with Crippen LogP contribution in [-0.4, -0.2) is 10.8 Å². The fourth-order valence-corrected chi connectivity index (χ4v) is 2.92. The molecule has 92 valence electrons. The van der Waals surface area contributed by atoms with Gasteiger partial charge in [0.1, 0.15) is 5.36 Å². The molecular weight excluding hydrogens is 232 g/mol. The third-order valence-electron chi connectivity index (χ3n) is 3.81. The van der Waals surface area contributed by atoms with Crippen LogP contribution in [0.4, 0.5) is 0 Å². The Kier molecular flexibility index (Phi) is 1.82. The fraction of sp³-hybridized carbons (Fsp3) is 0.500. The van der Waals surface area contributed by atoms with Gasteiger partial charge in [0, 0.05) is 5.16 Å². The Morgan fingerprint density at radius 3 is 2.83 bits per heavy atom. The molecule has 1 aliphatic heterocycles. The van der Waals surface area contributed by atoms with E-state index in [1.807, 2.05) is 6.07 Å². The molecule has 0 atom stereocenters. The van der Waals surface area contributed by atoms with Crippen molar-refractivity contribution in [2.45, 2.75) is 37.8 Å². The predicted molar refractivity (Wildman–Crippen MR) is 61.1 cm³/mol. The molecule has 1 fully saturated rings. The summed E-state index contributed by atoms with van der Waals surface area (Å²) >= 11 is 0. The van der Waals surface area contributed by atoms with Gasteiger partial charge in [0.15, 0.2) is 5.66 Å². The van der Waals surface area contributed by atoms with E-state index in [1.54, 1.807) is 6.07 Å². The summed E-state index contributed by atoms with van der Waals surface area (Å²) in [7, 11) is 0. The van der Waals surface area contributed by atoms with E-state index in [9.17, 15) is 5.21 Å². The fourth-order valence-electron chi connectivity index (χ4n) is 2.92. The third-order valence-corrected chi connectivity index (χ3v) is 3.81. The molecule has 1 aromatic heterocycles. The summed E-state index contributed by atoms with van der Waals surface area (Å²) in [4.78, 5) is 9.90.